The summed E-state index contributed by atoms with van der Waals surface area (Å²) in [5.41, 5.74) is -1.01. The van der Waals surface area contributed by atoms with Crippen LogP contribution in [-0.4, -0.2) is 16.6 Å². The van der Waals surface area contributed by atoms with Crippen LogP contribution in [-0.2, 0) is 0 Å². The number of benzene rings is 1. The van der Waals surface area contributed by atoms with Crippen molar-refractivity contribution >= 4 is 28.3 Å². The topological polar surface area (TPSA) is 57.3 Å². The Morgan fingerprint density at radius 3 is 2.32 bits per heavy atom. The second-order valence-corrected chi connectivity index (χ2v) is 4.76. The van der Waals surface area contributed by atoms with Gasteiger partial charge in [-0.25, -0.2) is 8.78 Å². The van der Waals surface area contributed by atoms with Crippen LogP contribution in [0.2, 0.25) is 0 Å². The molecule has 5 nitrogen and oxygen atoms in total. The van der Waals surface area contributed by atoms with E-state index in [1.165, 1.54) is 24.1 Å². The van der Waals surface area contributed by atoms with Gasteiger partial charge in [0.25, 0.3) is 5.69 Å². The van der Waals surface area contributed by atoms with Crippen LogP contribution in [0.4, 0.5) is 14.5 Å². The molecule has 0 atom stereocenters. The fraction of sp³-hybridized carbons (Fsp3) is 0.0909. The molecule has 0 bridgehead atoms. The van der Waals surface area contributed by atoms with E-state index in [4.69, 9.17) is 4.74 Å². The van der Waals surface area contributed by atoms with Crippen molar-refractivity contribution in [3.63, 3.8) is 0 Å². The second-order valence-electron chi connectivity index (χ2n) is 3.60. The van der Waals surface area contributed by atoms with Gasteiger partial charge in [-0.15, -0.1) is 0 Å². The molecule has 2 aromatic rings. The fourth-order valence-electron chi connectivity index (χ4n) is 1.59. The first-order valence-electron chi connectivity index (χ1n) is 4.99. The predicted molar refractivity (Wildman–Crippen MR) is 71.6 cm³/mol. The van der Waals surface area contributed by atoms with Gasteiger partial charge in [0.05, 0.1) is 33.9 Å². The summed E-state index contributed by atoms with van der Waals surface area (Å²) in [6, 6.07) is 1.36. The normalized spacial score (nSPS) is 10.5. The van der Waals surface area contributed by atoms with E-state index in [0.29, 0.717) is 21.5 Å². The van der Waals surface area contributed by atoms with Gasteiger partial charge >= 0.3 is 0 Å². The van der Waals surface area contributed by atoms with Crippen molar-refractivity contribution in [2.24, 2.45) is 0 Å². The van der Waals surface area contributed by atoms with E-state index in [0.717, 1.165) is 0 Å². The maximum absolute atomic E-state index is 13.8. The van der Waals surface area contributed by atoms with Crippen LogP contribution in [0.1, 0.15) is 0 Å². The van der Waals surface area contributed by atoms with Crippen molar-refractivity contribution in [3.05, 3.63) is 49.8 Å². The second kappa shape index (κ2) is 5.11. The van der Waals surface area contributed by atoms with Crippen LogP contribution in [0.25, 0.3) is 5.69 Å². The maximum Gasteiger partial charge on any atom is 0.275 e. The number of aromatic nitrogens is 1. The van der Waals surface area contributed by atoms with E-state index < -0.39 is 22.2 Å². The molecule has 0 spiro atoms. The number of non-ortho nitro benzene ring substituents is 1. The van der Waals surface area contributed by atoms with Gasteiger partial charge in [-0.05, 0) is 22.6 Å². The zero-order valence-electron chi connectivity index (χ0n) is 9.56. The molecule has 19 heavy (non-hydrogen) atoms. The van der Waals surface area contributed by atoms with Crippen LogP contribution in [0.5, 0.6) is 5.75 Å². The molecule has 1 heterocycles. The molecule has 0 amide bonds. The molecular formula is C11H7F2IN2O3. The van der Waals surface area contributed by atoms with Crippen molar-refractivity contribution in [1.29, 1.82) is 0 Å². The number of ether oxygens (including phenoxy) is 1. The summed E-state index contributed by atoms with van der Waals surface area (Å²) in [5, 5.41) is 10.5. The third-order valence-corrected chi connectivity index (χ3v) is 3.24. The van der Waals surface area contributed by atoms with E-state index in [1.54, 1.807) is 0 Å². The lowest BCUT2D eigenvalue weighted by Crippen LogP contribution is -2.01. The number of hydrogen-bond acceptors (Lipinski definition) is 3. The Kier molecular flexibility index (Phi) is 3.69. The molecule has 1 aromatic heterocycles. The lowest BCUT2D eigenvalue weighted by molar-refractivity contribution is -0.385. The minimum atomic E-state index is -1.01. The first-order chi connectivity index (χ1) is 8.93. The monoisotopic (exact) mass is 380 g/mol. The highest BCUT2D eigenvalue weighted by molar-refractivity contribution is 14.1. The van der Waals surface area contributed by atoms with Crippen molar-refractivity contribution in [1.82, 2.24) is 4.57 Å². The SMILES string of the molecule is COc1cn(-c2c(F)cc([N+](=O)[O-])cc2F)cc1I. The van der Waals surface area contributed by atoms with Gasteiger partial charge in [-0.3, -0.25) is 10.1 Å². The third-order valence-electron chi connectivity index (χ3n) is 2.43. The molecular weight excluding hydrogens is 373 g/mol. The molecule has 0 N–H and O–H groups in total. The number of nitro groups is 1. The molecule has 0 radical (unpaired) electrons. The Morgan fingerprint density at radius 2 is 1.89 bits per heavy atom. The average Bonchev–Trinajstić information content (AvgIpc) is 2.69. The van der Waals surface area contributed by atoms with E-state index in [9.17, 15) is 18.9 Å². The lowest BCUT2D eigenvalue weighted by atomic mass is 10.2. The molecule has 0 aliphatic heterocycles. The van der Waals surface area contributed by atoms with Crippen molar-refractivity contribution in [2.75, 3.05) is 7.11 Å². The molecule has 2 rings (SSSR count). The third kappa shape index (κ3) is 2.53. The molecule has 1 aromatic carbocycles. The summed E-state index contributed by atoms with van der Waals surface area (Å²) in [7, 11) is 1.43. The Labute approximate surface area is 120 Å². The first-order valence-corrected chi connectivity index (χ1v) is 6.07. The Morgan fingerprint density at radius 1 is 1.32 bits per heavy atom. The van der Waals surface area contributed by atoms with Gasteiger partial charge in [0.1, 0.15) is 11.4 Å². The van der Waals surface area contributed by atoms with Crippen LogP contribution in [0, 0.1) is 25.3 Å². The number of halogens is 3. The van der Waals surface area contributed by atoms with Gasteiger partial charge in [0.2, 0.25) is 0 Å². The van der Waals surface area contributed by atoms with Crippen molar-refractivity contribution in [3.8, 4) is 11.4 Å². The molecule has 0 saturated heterocycles. The summed E-state index contributed by atoms with van der Waals surface area (Å²) in [5.74, 6) is -1.57. The molecule has 100 valence electrons. The molecule has 0 aliphatic carbocycles. The summed E-state index contributed by atoms with van der Waals surface area (Å²) < 4.78 is 34.4. The number of nitro benzene ring substituents is 1. The van der Waals surface area contributed by atoms with Gasteiger partial charge in [0.15, 0.2) is 11.6 Å². The average molecular weight is 380 g/mol. The van der Waals surface area contributed by atoms with E-state index in [-0.39, 0.29) is 5.69 Å². The highest BCUT2D eigenvalue weighted by Crippen LogP contribution is 2.28. The summed E-state index contributed by atoms with van der Waals surface area (Å²) in [6.45, 7) is 0. The molecule has 0 saturated carbocycles. The lowest BCUT2D eigenvalue weighted by Gasteiger charge is -2.05. The zero-order valence-corrected chi connectivity index (χ0v) is 11.7. The number of hydrogen-bond donors (Lipinski definition) is 0. The molecule has 0 fully saturated rings. The standard InChI is InChI=1S/C11H7F2IN2O3/c1-19-10-5-15(4-9(10)14)11-7(12)2-6(16(17)18)3-8(11)13/h2-5H,1H3. The molecule has 0 aliphatic rings. The van der Waals surface area contributed by atoms with Crippen LogP contribution < -0.4 is 4.74 Å². The highest BCUT2D eigenvalue weighted by atomic mass is 127. The molecule has 8 heteroatoms. The highest BCUT2D eigenvalue weighted by Gasteiger charge is 2.19. The summed E-state index contributed by atoms with van der Waals surface area (Å²) in [6.07, 6.45) is 2.86. The first kappa shape index (κ1) is 13.7. The number of methoxy groups -OCH3 is 1. The molecule has 0 unspecified atom stereocenters. The van der Waals surface area contributed by atoms with Crippen LogP contribution in [0.3, 0.4) is 0 Å². The van der Waals surface area contributed by atoms with E-state index >= 15 is 0 Å². The Bertz CT molecular complexity index is 634. The number of rotatable bonds is 3. The minimum absolute atomic E-state index is 0.383. The van der Waals surface area contributed by atoms with E-state index in [1.807, 2.05) is 22.6 Å². The number of nitrogens with zero attached hydrogens (tertiary/aromatic N) is 2. The predicted octanol–water partition coefficient (Wildman–Crippen LogP) is 3.28. The van der Waals surface area contributed by atoms with Gasteiger partial charge in [-0.2, -0.15) is 0 Å². The Balaban J connectivity index is 2.59. The van der Waals surface area contributed by atoms with Crippen LogP contribution in [0.15, 0.2) is 24.5 Å². The summed E-state index contributed by atoms with van der Waals surface area (Å²) >= 11 is 1.95. The Hall–Kier alpha value is -1.71. The van der Waals surface area contributed by atoms with Crippen molar-refractivity contribution < 1.29 is 18.4 Å². The van der Waals surface area contributed by atoms with E-state index in [2.05, 4.69) is 0 Å². The van der Waals surface area contributed by atoms with Gasteiger partial charge < -0.3 is 9.30 Å². The minimum Gasteiger partial charge on any atom is -0.494 e. The fourth-order valence-corrected chi connectivity index (χ4v) is 2.25. The van der Waals surface area contributed by atoms with Crippen molar-refractivity contribution in [2.45, 2.75) is 0 Å². The van der Waals surface area contributed by atoms with Crippen LogP contribution >= 0.6 is 22.6 Å². The maximum atomic E-state index is 13.8. The van der Waals surface area contributed by atoms with Gasteiger partial charge in [-0.1, -0.05) is 0 Å². The largest absolute Gasteiger partial charge is 0.494 e. The quantitative estimate of drug-likeness (QED) is 0.467. The summed E-state index contributed by atoms with van der Waals surface area (Å²) in [4.78, 5) is 9.65. The van der Waals surface area contributed by atoms with Gasteiger partial charge in [0, 0.05) is 6.20 Å². The zero-order chi connectivity index (χ0) is 14.2. The smallest absolute Gasteiger partial charge is 0.275 e.